The van der Waals surface area contributed by atoms with Gasteiger partial charge in [0.25, 0.3) is 0 Å². The molecule has 3 aromatic rings. The number of rotatable bonds is 8. The van der Waals surface area contributed by atoms with Crippen LogP contribution in [0.4, 0.5) is 0 Å². The van der Waals surface area contributed by atoms with Crippen molar-refractivity contribution in [1.82, 2.24) is 9.78 Å². The highest BCUT2D eigenvalue weighted by Gasteiger charge is 2.08. The van der Waals surface area contributed by atoms with Crippen LogP contribution in [0.5, 0.6) is 11.5 Å². The molecule has 26 heavy (non-hydrogen) atoms. The molecule has 134 valence electrons. The summed E-state index contributed by atoms with van der Waals surface area (Å²) in [4.78, 5) is 12.2. The Bertz CT molecular complexity index is 891. The van der Waals surface area contributed by atoms with E-state index in [1.165, 1.54) is 6.08 Å². The summed E-state index contributed by atoms with van der Waals surface area (Å²) in [6, 6.07) is 12.6. The van der Waals surface area contributed by atoms with Crippen LogP contribution in [0.3, 0.4) is 0 Å². The van der Waals surface area contributed by atoms with Crippen molar-refractivity contribution in [3.63, 3.8) is 0 Å². The summed E-state index contributed by atoms with van der Waals surface area (Å²) in [5.41, 5.74) is 0.554. The molecule has 0 saturated heterocycles. The number of benzene rings is 1. The molecule has 1 aromatic carbocycles. The molecule has 0 radical (unpaired) electrons. The van der Waals surface area contributed by atoms with Crippen LogP contribution in [0.2, 0.25) is 0 Å². The second kappa shape index (κ2) is 8.20. The molecule has 0 bridgehead atoms. The molecule has 2 aromatic heterocycles. The lowest BCUT2D eigenvalue weighted by molar-refractivity contribution is 0.103. The molecule has 0 unspecified atom stereocenters. The van der Waals surface area contributed by atoms with Gasteiger partial charge in [-0.15, -0.1) is 0 Å². The normalized spacial score (nSPS) is 11.0. The van der Waals surface area contributed by atoms with E-state index in [0.29, 0.717) is 30.4 Å². The number of aryl methyl sites for hydroxylation is 1. The summed E-state index contributed by atoms with van der Waals surface area (Å²) >= 11 is 0. The number of ether oxygens (including phenoxy) is 2. The molecule has 0 amide bonds. The summed E-state index contributed by atoms with van der Waals surface area (Å²) in [5.74, 6) is 2.65. The number of nitrogens with zero attached hydrogens (tertiary/aromatic N) is 2. The van der Waals surface area contributed by atoms with E-state index in [9.17, 15) is 4.79 Å². The van der Waals surface area contributed by atoms with Crippen molar-refractivity contribution in [2.24, 2.45) is 0 Å². The largest absolute Gasteiger partial charge is 0.497 e. The zero-order valence-corrected chi connectivity index (χ0v) is 14.7. The molecule has 0 N–H and O–H groups in total. The fourth-order valence-corrected chi connectivity index (χ4v) is 2.43. The third-order valence-electron chi connectivity index (χ3n) is 3.79. The third-order valence-corrected chi connectivity index (χ3v) is 3.79. The van der Waals surface area contributed by atoms with Crippen LogP contribution in [0, 0.1) is 0 Å². The smallest absolute Gasteiger partial charge is 0.203 e. The number of hydrogen-bond acceptors (Lipinski definition) is 5. The predicted molar refractivity (Wildman–Crippen MR) is 97.3 cm³/mol. The number of carbonyl (C=O) groups is 1. The SMILES string of the molecule is CCn1nccc1C(=O)/C=C/c1ccc(COc2ccc(OC)cc2)o1. The van der Waals surface area contributed by atoms with Gasteiger partial charge in [-0.3, -0.25) is 9.48 Å². The van der Waals surface area contributed by atoms with Crippen molar-refractivity contribution in [3.05, 3.63) is 72.0 Å². The van der Waals surface area contributed by atoms with Crippen molar-refractivity contribution in [1.29, 1.82) is 0 Å². The van der Waals surface area contributed by atoms with Gasteiger partial charge in [-0.05, 0) is 61.5 Å². The predicted octanol–water partition coefficient (Wildman–Crippen LogP) is 3.98. The van der Waals surface area contributed by atoms with Gasteiger partial charge >= 0.3 is 0 Å². The third kappa shape index (κ3) is 4.22. The van der Waals surface area contributed by atoms with Crippen LogP contribution in [0.15, 0.2) is 59.2 Å². The van der Waals surface area contributed by atoms with E-state index >= 15 is 0 Å². The lowest BCUT2D eigenvalue weighted by Crippen LogP contribution is -2.07. The van der Waals surface area contributed by atoms with E-state index in [1.54, 1.807) is 36.2 Å². The topological polar surface area (TPSA) is 66.5 Å². The Kier molecular flexibility index (Phi) is 5.53. The molecule has 0 aliphatic carbocycles. The van der Waals surface area contributed by atoms with Crippen LogP contribution < -0.4 is 9.47 Å². The lowest BCUT2D eigenvalue weighted by Gasteiger charge is -2.05. The molecule has 0 atom stereocenters. The second-order valence-electron chi connectivity index (χ2n) is 5.50. The zero-order valence-electron chi connectivity index (χ0n) is 14.7. The number of hydrogen-bond donors (Lipinski definition) is 0. The van der Waals surface area contributed by atoms with Gasteiger partial charge in [0.1, 0.15) is 35.3 Å². The van der Waals surface area contributed by atoms with Crippen molar-refractivity contribution >= 4 is 11.9 Å². The molecule has 3 rings (SSSR count). The van der Waals surface area contributed by atoms with Gasteiger partial charge in [0.2, 0.25) is 5.78 Å². The van der Waals surface area contributed by atoms with Gasteiger partial charge in [-0.2, -0.15) is 5.10 Å². The minimum absolute atomic E-state index is 0.114. The summed E-state index contributed by atoms with van der Waals surface area (Å²) in [6.07, 6.45) is 4.74. The fraction of sp³-hybridized carbons (Fsp3) is 0.200. The molecule has 6 nitrogen and oxygen atoms in total. The van der Waals surface area contributed by atoms with Gasteiger partial charge < -0.3 is 13.9 Å². The Labute approximate surface area is 151 Å². The molecule has 0 aliphatic rings. The summed E-state index contributed by atoms with van der Waals surface area (Å²) in [5, 5.41) is 4.09. The number of ketones is 1. The van der Waals surface area contributed by atoms with Gasteiger partial charge in [-0.1, -0.05) is 0 Å². The maximum Gasteiger partial charge on any atom is 0.203 e. The van der Waals surface area contributed by atoms with E-state index < -0.39 is 0 Å². The Hall–Kier alpha value is -3.28. The number of furan rings is 1. The first-order valence-electron chi connectivity index (χ1n) is 8.29. The van der Waals surface area contributed by atoms with Crippen LogP contribution in [-0.2, 0) is 13.2 Å². The lowest BCUT2D eigenvalue weighted by atomic mass is 10.2. The van der Waals surface area contributed by atoms with Gasteiger partial charge in [-0.25, -0.2) is 0 Å². The van der Waals surface area contributed by atoms with E-state index in [-0.39, 0.29) is 5.78 Å². The highest BCUT2D eigenvalue weighted by Crippen LogP contribution is 2.19. The molecular weight excluding hydrogens is 332 g/mol. The van der Waals surface area contributed by atoms with Crippen LogP contribution in [0.1, 0.15) is 28.9 Å². The average Bonchev–Trinajstić information content (AvgIpc) is 3.34. The van der Waals surface area contributed by atoms with Gasteiger partial charge in [0.15, 0.2) is 0 Å². The number of methoxy groups -OCH3 is 1. The monoisotopic (exact) mass is 352 g/mol. The molecular formula is C20H20N2O4. The Morgan fingerprint density at radius 1 is 1.15 bits per heavy atom. The molecule has 2 heterocycles. The first kappa shape index (κ1) is 17.5. The van der Waals surface area contributed by atoms with E-state index in [0.717, 1.165) is 11.5 Å². The minimum Gasteiger partial charge on any atom is -0.497 e. The number of allylic oxidation sites excluding steroid dienone is 1. The van der Waals surface area contributed by atoms with Crippen molar-refractivity contribution < 1.29 is 18.7 Å². The molecule has 0 spiro atoms. The average molecular weight is 352 g/mol. The van der Waals surface area contributed by atoms with Crippen LogP contribution in [0.25, 0.3) is 6.08 Å². The molecule has 0 fully saturated rings. The van der Waals surface area contributed by atoms with Crippen LogP contribution in [-0.4, -0.2) is 22.7 Å². The Morgan fingerprint density at radius 3 is 2.65 bits per heavy atom. The summed E-state index contributed by atoms with van der Waals surface area (Å²) in [7, 11) is 1.62. The second-order valence-corrected chi connectivity index (χ2v) is 5.50. The van der Waals surface area contributed by atoms with E-state index in [2.05, 4.69) is 5.10 Å². The highest BCUT2D eigenvalue weighted by molar-refractivity contribution is 6.05. The zero-order chi connectivity index (χ0) is 18.4. The summed E-state index contributed by atoms with van der Waals surface area (Å²) < 4.78 is 18.1. The van der Waals surface area contributed by atoms with Gasteiger partial charge in [0.05, 0.1) is 7.11 Å². The number of carbonyl (C=O) groups excluding carboxylic acids is 1. The first-order chi connectivity index (χ1) is 12.7. The molecule has 0 saturated carbocycles. The number of aromatic nitrogens is 2. The standard InChI is InChI=1S/C20H20N2O4/c1-3-22-19(12-13-21-22)20(23)11-10-17-8-9-18(26-17)14-25-16-6-4-15(24-2)5-7-16/h4-13H,3,14H2,1-2H3/b11-10+. The minimum atomic E-state index is -0.114. The van der Waals surface area contributed by atoms with E-state index in [1.807, 2.05) is 37.3 Å². The maximum atomic E-state index is 12.2. The van der Waals surface area contributed by atoms with Crippen molar-refractivity contribution in [2.45, 2.75) is 20.1 Å². The summed E-state index contributed by atoms with van der Waals surface area (Å²) in [6.45, 7) is 2.89. The van der Waals surface area contributed by atoms with Crippen molar-refractivity contribution in [2.75, 3.05) is 7.11 Å². The first-order valence-corrected chi connectivity index (χ1v) is 8.29. The molecule has 0 aliphatic heterocycles. The Morgan fingerprint density at radius 2 is 1.92 bits per heavy atom. The molecule has 6 heteroatoms. The van der Waals surface area contributed by atoms with Crippen molar-refractivity contribution in [3.8, 4) is 11.5 Å². The quantitative estimate of drug-likeness (QED) is 0.453. The Balaban J connectivity index is 1.58. The van der Waals surface area contributed by atoms with E-state index in [4.69, 9.17) is 13.9 Å². The highest BCUT2D eigenvalue weighted by atomic mass is 16.5. The van der Waals surface area contributed by atoms with Gasteiger partial charge in [0, 0.05) is 12.7 Å². The fourth-order valence-electron chi connectivity index (χ4n) is 2.43. The maximum absolute atomic E-state index is 12.2. The van der Waals surface area contributed by atoms with Crippen LogP contribution >= 0.6 is 0 Å².